The van der Waals surface area contributed by atoms with Crippen LogP contribution in [-0.2, 0) is 6.42 Å². The summed E-state index contributed by atoms with van der Waals surface area (Å²) in [6.07, 6.45) is 3.71. The van der Waals surface area contributed by atoms with Gasteiger partial charge in [0.2, 0.25) is 0 Å². The fourth-order valence-corrected chi connectivity index (χ4v) is 2.69. The molecular formula is C9H12ClNS. The van der Waals surface area contributed by atoms with Gasteiger partial charge in [0.05, 0.1) is 5.02 Å². The van der Waals surface area contributed by atoms with Gasteiger partial charge in [-0.1, -0.05) is 11.6 Å². The smallest absolute Gasteiger partial charge is 0.0515 e. The lowest BCUT2D eigenvalue weighted by Crippen LogP contribution is -2.17. The molecular weight excluding hydrogens is 190 g/mol. The highest BCUT2D eigenvalue weighted by Gasteiger charge is 2.41. The van der Waals surface area contributed by atoms with Gasteiger partial charge in [-0.2, -0.15) is 0 Å². The second-order valence-corrected chi connectivity index (χ2v) is 5.04. The Hall–Kier alpha value is -0.0500. The molecule has 12 heavy (non-hydrogen) atoms. The SMILES string of the molecule is NCC1(Cc2cc(Cl)cs2)CC1. The Morgan fingerprint density at radius 3 is 2.75 bits per heavy atom. The van der Waals surface area contributed by atoms with Gasteiger partial charge in [0.15, 0.2) is 0 Å². The molecule has 2 rings (SSSR count). The topological polar surface area (TPSA) is 26.0 Å². The molecule has 0 spiro atoms. The molecule has 2 N–H and O–H groups in total. The van der Waals surface area contributed by atoms with E-state index in [1.54, 1.807) is 11.3 Å². The largest absolute Gasteiger partial charge is 0.330 e. The first-order valence-electron chi connectivity index (χ1n) is 4.17. The van der Waals surface area contributed by atoms with Crippen LogP contribution < -0.4 is 5.73 Å². The molecule has 0 radical (unpaired) electrons. The highest BCUT2D eigenvalue weighted by molar-refractivity contribution is 7.10. The Labute approximate surface area is 81.5 Å². The van der Waals surface area contributed by atoms with E-state index in [2.05, 4.69) is 6.07 Å². The van der Waals surface area contributed by atoms with Crippen molar-refractivity contribution in [3.05, 3.63) is 21.3 Å². The van der Waals surface area contributed by atoms with Crippen LogP contribution in [0.15, 0.2) is 11.4 Å². The van der Waals surface area contributed by atoms with Crippen molar-refractivity contribution in [3.8, 4) is 0 Å². The van der Waals surface area contributed by atoms with Crippen LogP contribution >= 0.6 is 22.9 Å². The van der Waals surface area contributed by atoms with E-state index in [-0.39, 0.29) is 0 Å². The second-order valence-electron chi connectivity index (χ2n) is 3.61. The Morgan fingerprint density at radius 1 is 1.58 bits per heavy atom. The van der Waals surface area contributed by atoms with Crippen LogP contribution in [-0.4, -0.2) is 6.54 Å². The minimum Gasteiger partial charge on any atom is -0.330 e. The number of thiophene rings is 1. The summed E-state index contributed by atoms with van der Waals surface area (Å²) in [5, 5.41) is 2.85. The fraction of sp³-hybridized carbons (Fsp3) is 0.556. The van der Waals surface area contributed by atoms with Crippen molar-refractivity contribution in [2.75, 3.05) is 6.54 Å². The summed E-state index contributed by atoms with van der Waals surface area (Å²) in [5.74, 6) is 0. The highest BCUT2D eigenvalue weighted by atomic mass is 35.5. The molecule has 1 nitrogen and oxygen atoms in total. The molecule has 1 fully saturated rings. The van der Waals surface area contributed by atoms with Crippen molar-refractivity contribution in [1.82, 2.24) is 0 Å². The quantitative estimate of drug-likeness (QED) is 0.800. The predicted molar refractivity (Wildman–Crippen MR) is 53.8 cm³/mol. The van der Waals surface area contributed by atoms with Gasteiger partial charge in [-0.3, -0.25) is 0 Å². The van der Waals surface area contributed by atoms with E-state index >= 15 is 0 Å². The third-order valence-corrected chi connectivity index (χ3v) is 3.85. The predicted octanol–water partition coefficient (Wildman–Crippen LogP) is 2.68. The van der Waals surface area contributed by atoms with Crippen molar-refractivity contribution in [2.45, 2.75) is 19.3 Å². The average molecular weight is 202 g/mol. The van der Waals surface area contributed by atoms with Crippen LogP contribution in [0.4, 0.5) is 0 Å². The molecule has 0 saturated heterocycles. The third-order valence-electron chi connectivity index (χ3n) is 2.56. The molecule has 1 heterocycles. The van der Waals surface area contributed by atoms with E-state index < -0.39 is 0 Å². The van der Waals surface area contributed by atoms with Gasteiger partial charge in [0.25, 0.3) is 0 Å². The minimum absolute atomic E-state index is 0.439. The third kappa shape index (κ3) is 1.65. The van der Waals surface area contributed by atoms with Crippen molar-refractivity contribution in [2.24, 2.45) is 11.1 Å². The Bertz CT molecular complexity index is 278. The molecule has 1 saturated carbocycles. The summed E-state index contributed by atoms with van der Waals surface area (Å²) in [7, 11) is 0. The normalized spacial score (nSPS) is 19.5. The van der Waals surface area contributed by atoms with Gasteiger partial charge in [-0.25, -0.2) is 0 Å². The first-order valence-corrected chi connectivity index (χ1v) is 5.43. The Morgan fingerprint density at radius 2 is 2.33 bits per heavy atom. The summed E-state index contributed by atoms with van der Waals surface area (Å²) in [4.78, 5) is 1.38. The zero-order chi connectivity index (χ0) is 8.60. The molecule has 0 atom stereocenters. The monoisotopic (exact) mass is 201 g/mol. The minimum atomic E-state index is 0.439. The fourth-order valence-electron chi connectivity index (χ4n) is 1.45. The zero-order valence-corrected chi connectivity index (χ0v) is 8.42. The number of nitrogens with two attached hydrogens (primary N) is 1. The average Bonchev–Trinajstić information content (AvgIpc) is 2.71. The van der Waals surface area contributed by atoms with Gasteiger partial charge in [0, 0.05) is 10.3 Å². The van der Waals surface area contributed by atoms with Crippen molar-refractivity contribution >= 4 is 22.9 Å². The maximum Gasteiger partial charge on any atom is 0.0515 e. The highest BCUT2D eigenvalue weighted by Crippen LogP contribution is 2.48. The summed E-state index contributed by atoms with van der Waals surface area (Å²) in [6, 6.07) is 2.06. The lowest BCUT2D eigenvalue weighted by molar-refractivity contribution is 0.525. The van der Waals surface area contributed by atoms with Crippen molar-refractivity contribution < 1.29 is 0 Å². The van der Waals surface area contributed by atoms with Gasteiger partial charge in [-0.05, 0) is 37.3 Å². The molecule has 0 unspecified atom stereocenters. The maximum atomic E-state index is 5.83. The molecule has 66 valence electrons. The Kier molecular flexibility index (Phi) is 2.15. The first kappa shape index (κ1) is 8.54. The molecule has 0 aliphatic heterocycles. The molecule has 1 aliphatic rings. The van der Waals surface area contributed by atoms with E-state index in [1.807, 2.05) is 5.38 Å². The standard InChI is InChI=1S/C9H12ClNS/c10-7-3-8(12-5-7)4-9(6-11)1-2-9/h3,5H,1-2,4,6,11H2. The van der Waals surface area contributed by atoms with Gasteiger partial charge >= 0.3 is 0 Å². The molecule has 1 aliphatic carbocycles. The lowest BCUT2D eigenvalue weighted by atomic mass is 10.0. The van der Waals surface area contributed by atoms with Crippen LogP contribution in [0.3, 0.4) is 0 Å². The second kappa shape index (κ2) is 3.02. The van der Waals surface area contributed by atoms with Crippen molar-refractivity contribution in [3.63, 3.8) is 0 Å². The van der Waals surface area contributed by atoms with E-state index in [0.29, 0.717) is 5.41 Å². The van der Waals surface area contributed by atoms with Gasteiger partial charge in [0.1, 0.15) is 0 Å². The van der Waals surface area contributed by atoms with Gasteiger partial charge < -0.3 is 5.73 Å². The van der Waals surface area contributed by atoms with Crippen LogP contribution in [0.1, 0.15) is 17.7 Å². The molecule has 0 amide bonds. The number of hydrogen-bond acceptors (Lipinski definition) is 2. The van der Waals surface area contributed by atoms with Gasteiger partial charge in [-0.15, -0.1) is 11.3 Å². The van der Waals surface area contributed by atoms with Crippen LogP contribution in [0.5, 0.6) is 0 Å². The summed E-state index contributed by atoms with van der Waals surface area (Å²) >= 11 is 7.58. The molecule has 0 bridgehead atoms. The summed E-state index contributed by atoms with van der Waals surface area (Å²) in [6.45, 7) is 0.822. The van der Waals surface area contributed by atoms with Crippen LogP contribution in [0.2, 0.25) is 5.02 Å². The lowest BCUT2D eigenvalue weighted by Gasteiger charge is -2.09. The molecule has 1 aromatic heterocycles. The van der Waals surface area contributed by atoms with Crippen LogP contribution in [0.25, 0.3) is 0 Å². The van der Waals surface area contributed by atoms with Crippen molar-refractivity contribution in [1.29, 1.82) is 0 Å². The number of rotatable bonds is 3. The van der Waals surface area contributed by atoms with E-state index in [0.717, 1.165) is 18.0 Å². The zero-order valence-electron chi connectivity index (χ0n) is 6.85. The summed E-state index contributed by atoms with van der Waals surface area (Å²) < 4.78 is 0. The molecule has 0 aromatic carbocycles. The summed E-state index contributed by atoms with van der Waals surface area (Å²) in [5.41, 5.74) is 6.13. The van der Waals surface area contributed by atoms with E-state index in [9.17, 15) is 0 Å². The van der Waals surface area contributed by atoms with E-state index in [4.69, 9.17) is 17.3 Å². The number of hydrogen-bond donors (Lipinski definition) is 1. The maximum absolute atomic E-state index is 5.83. The molecule has 1 aromatic rings. The molecule has 3 heteroatoms. The number of halogens is 1. The van der Waals surface area contributed by atoms with E-state index in [1.165, 1.54) is 17.7 Å². The Balaban J connectivity index is 2.04. The van der Waals surface area contributed by atoms with Crippen LogP contribution in [0, 0.1) is 5.41 Å². The first-order chi connectivity index (χ1) is 5.74.